The van der Waals surface area contributed by atoms with E-state index in [-0.39, 0.29) is 0 Å². The number of nitrogens with one attached hydrogen (secondary N) is 1. The molecule has 0 aliphatic carbocycles. The smallest absolute Gasteiger partial charge is 0.143 e. The van der Waals surface area contributed by atoms with Gasteiger partial charge in [-0.25, -0.2) is 15.8 Å². The van der Waals surface area contributed by atoms with E-state index in [0.717, 1.165) is 11.3 Å². The van der Waals surface area contributed by atoms with Gasteiger partial charge in [0.15, 0.2) is 0 Å². The van der Waals surface area contributed by atoms with Crippen molar-refractivity contribution < 1.29 is 0 Å². The zero-order chi connectivity index (χ0) is 13.1. The van der Waals surface area contributed by atoms with E-state index >= 15 is 0 Å². The average molecular weight is 283 g/mol. The van der Waals surface area contributed by atoms with Gasteiger partial charge >= 0.3 is 0 Å². The lowest BCUT2D eigenvalue weighted by Gasteiger charge is -2.07. The van der Waals surface area contributed by atoms with Gasteiger partial charge in [-0.2, -0.15) is 0 Å². The van der Waals surface area contributed by atoms with Crippen LogP contribution in [0, 0.1) is 6.92 Å². The van der Waals surface area contributed by atoms with Gasteiger partial charge in [-0.3, -0.25) is 0 Å². The molecule has 0 bridgehead atoms. The summed E-state index contributed by atoms with van der Waals surface area (Å²) in [4.78, 5) is 8.61. The summed E-state index contributed by atoms with van der Waals surface area (Å²) in [5, 5.41) is 1.22. The maximum Gasteiger partial charge on any atom is 0.143 e. The van der Waals surface area contributed by atoms with Crippen molar-refractivity contribution in [2.45, 2.75) is 13.3 Å². The highest BCUT2D eigenvalue weighted by atomic mass is 35.5. The molecule has 3 N–H and O–H groups in total. The van der Waals surface area contributed by atoms with Crippen molar-refractivity contribution in [3.63, 3.8) is 0 Å². The van der Waals surface area contributed by atoms with Crippen molar-refractivity contribution in [2.75, 3.05) is 5.43 Å². The number of rotatable bonds is 3. The number of aromatic nitrogens is 2. The van der Waals surface area contributed by atoms with Crippen LogP contribution in [0.3, 0.4) is 0 Å². The lowest BCUT2D eigenvalue weighted by Crippen LogP contribution is -2.11. The Morgan fingerprint density at radius 2 is 2.00 bits per heavy atom. The first kappa shape index (κ1) is 13.1. The van der Waals surface area contributed by atoms with Gasteiger partial charge in [0, 0.05) is 28.2 Å². The normalized spacial score (nSPS) is 10.4. The minimum Gasteiger partial charge on any atom is -0.308 e. The second-order valence-corrected chi connectivity index (χ2v) is 4.71. The SMILES string of the molecule is Cc1cc(NN)nc(Cc2ccc(Cl)cc2Cl)n1. The van der Waals surface area contributed by atoms with E-state index < -0.39 is 0 Å². The number of nitrogens with zero attached hydrogens (tertiary/aromatic N) is 2. The van der Waals surface area contributed by atoms with Crippen molar-refractivity contribution in [3.05, 3.63) is 51.4 Å². The zero-order valence-electron chi connectivity index (χ0n) is 9.74. The van der Waals surface area contributed by atoms with E-state index in [1.807, 2.05) is 13.0 Å². The van der Waals surface area contributed by atoms with Crippen LogP contribution in [0.4, 0.5) is 5.82 Å². The van der Waals surface area contributed by atoms with E-state index in [1.54, 1.807) is 18.2 Å². The minimum atomic E-state index is 0.534. The van der Waals surface area contributed by atoms with Crippen LogP contribution in [0.15, 0.2) is 24.3 Å². The molecule has 0 aliphatic heterocycles. The fourth-order valence-electron chi connectivity index (χ4n) is 1.62. The molecular weight excluding hydrogens is 271 g/mol. The Morgan fingerprint density at radius 1 is 1.22 bits per heavy atom. The molecule has 94 valence electrons. The highest BCUT2D eigenvalue weighted by Gasteiger charge is 2.06. The molecule has 0 spiro atoms. The van der Waals surface area contributed by atoms with Crippen molar-refractivity contribution in [3.8, 4) is 0 Å². The summed E-state index contributed by atoms with van der Waals surface area (Å²) in [6.45, 7) is 1.88. The van der Waals surface area contributed by atoms with Gasteiger partial charge in [0.05, 0.1) is 0 Å². The number of hydrazine groups is 1. The van der Waals surface area contributed by atoms with E-state index in [0.29, 0.717) is 28.1 Å². The summed E-state index contributed by atoms with van der Waals surface area (Å²) in [7, 11) is 0. The van der Waals surface area contributed by atoms with E-state index in [2.05, 4.69) is 15.4 Å². The Hall–Kier alpha value is -1.36. The molecule has 0 saturated carbocycles. The molecule has 6 heteroatoms. The first-order valence-electron chi connectivity index (χ1n) is 5.33. The first-order chi connectivity index (χ1) is 8.58. The Kier molecular flexibility index (Phi) is 4.01. The number of aryl methyl sites for hydroxylation is 1. The molecule has 4 nitrogen and oxygen atoms in total. The van der Waals surface area contributed by atoms with Crippen molar-refractivity contribution in [2.24, 2.45) is 5.84 Å². The molecule has 0 fully saturated rings. The van der Waals surface area contributed by atoms with Crippen LogP contribution in [-0.4, -0.2) is 9.97 Å². The van der Waals surface area contributed by atoms with Crippen molar-refractivity contribution >= 4 is 29.0 Å². The van der Waals surface area contributed by atoms with Crippen molar-refractivity contribution in [1.29, 1.82) is 0 Å². The van der Waals surface area contributed by atoms with Gasteiger partial charge in [-0.1, -0.05) is 29.3 Å². The minimum absolute atomic E-state index is 0.534. The lowest BCUT2D eigenvalue weighted by atomic mass is 10.1. The monoisotopic (exact) mass is 282 g/mol. The predicted octanol–water partition coefficient (Wildman–Crippen LogP) is 2.97. The standard InChI is InChI=1S/C12H12Cl2N4/c1-7-4-12(18-15)17-11(16-7)5-8-2-3-9(13)6-10(8)14/h2-4,6H,5,15H2,1H3,(H,16,17,18). The van der Waals surface area contributed by atoms with Gasteiger partial charge in [-0.15, -0.1) is 0 Å². The van der Waals surface area contributed by atoms with Gasteiger partial charge in [0.25, 0.3) is 0 Å². The molecule has 2 rings (SSSR count). The average Bonchev–Trinajstić information content (AvgIpc) is 2.32. The molecule has 18 heavy (non-hydrogen) atoms. The second-order valence-electron chi connectivity index (χ2n) is 3.87. The van der Waals surface area contributed by atoms with Crippen molar-refractivity contribution in [1.82, 2.24) is 9.97 Å². The number of nitrogen functional groups attached to an aromatic ring is 1. The third-order valence-corrected chi connectivity index (χ3v) is 3.00. The molecule has 1 aromatic heterocycles. The Labute approximate surface area is 115 Å². The molecule has 1 aromatic carbocycles. The summed E-state index contributed by atoms with van der Waals surface area (Å²) in [6, 6.07) is 7.13. The molecule has 0 atom stereocenters. The van der Waals surface area contributed by atoms with Crippen LogP contribution in [0.2, 0.25) is 10.0 Å². The summed E-state index contributed by atoms with van der Waals surface area (Å²) >= 11 is 12.0. The summed E-state index contributed by atoms with van der Waals surface area (Å²) < 4.78 is 0. The largest absolute Gasteiger partial charge is 0.308 e. The number of hydrogen-bond donors (Lipinski definition) is 2. The third-order valence-electron chi connectivity index (χ3n) is 2.41. The van der Waals surface area contributed by atoms with E-state index in [1.165, 1.54) is 0 Å². The molecular formula is C12H12Cl2N4. The quantitative estimate of drug-likeness (QED) is 0.671. The highest BCUT2D eigenvalue weighted by molar-refractivity contribution is 6.35. The molecule has 1 heterocycles. The van der Waals surface area contributed by atoms with Gasteiger partial charge in [0.1, 0.15) is 11.6 Å². The van der Waals surface area contributed by atoms with E-state index in [4.69, 9.17) is 29.0 Å². The van der Waals surface area contributed by atoms with Crippen LogP contribution >= 0.6 is 23.2 Å². The van der Waals surface area contributed by atoms with Gasteiger partial charge in [-0.05, 0) is 24.6 Å². The summed E-state index contributed by atoms with van der Waals surface area (Å²) in [6.07, 6.45) is 0.534. The predicted molar refractivity (Wildman–Crippen MR) is 73.8 cm³/mol. The Morgan fingerprint density at radius 3 is 2.67 bits per heavy atom. The maximum absolute atomic E-state index is 6.11. The van der Waals surface area contributed by atoms with Crippen LogP contribution in [0.5, 0.6) is 0 Å². The van der Waals surface area contributed by atoms with Crippen LogP contribution < -0.4 is 11.3 Å². The number of nitrogens with two attached hydrogens (primary N) is 1. The highest BCUT2D eigenvalue weighted by Crippen LogP contribution is 2.22. The number of anilines is 1. The molecule has 0 radical (unpaired) electrons. The lowest BCUT2D eigenvalue weighted by molar-refractivity contribution is 0.940. The number of benzene rings is 1. The maximum atomic E-state index is 6.11. The van der Waals surface area contributed by atoms with Crippen LogP contribution in [0.25, 0.3) is 0 Å². The zero-order valence-corrected chi connectivity index (χ0v) is 11.3. The molecule has 0 unspecified atom stereocenters. The molecule has 2 aromatic rings. The molecule has 0 aliphatic rings. The third kappa shape index (κ3) is 3.10. The number of hydrogen-bond acceptors (Lipinski definition) is 4. The van der Waals surface area contributed by atoms with Crippen LogP contribution in [0.1, 0.15) is 17.1 Å². The Balaban J connectivity index is 2.30. The van der Waals surface area contributed by atoms with Gasteiger partial charge in [0.2, 0.25) is 0 Å². The summed E-state index contributed by atoms with van der Waals surface area (Å²) in [5.74, 6) is 6.59. The second kappa shape index (κ2) is 5.52. The Bertz CT molecular complexity index is 572. The topological polar surface area (TPSA) is 63.8 Å². The fourth-order valence-corrected chi connectivity index (χ4v) is 2.09. The first-order valence-corrected chi connectivity index (χ1v) is 6.09. The van der Waals surface area contributed by atoms with Crippen LogP contribution in [-0.2, 0) is 6.42 Å². The summed E-state index contributed by atoms with van der Waals surface area (Å²) in [5.41, 5.74) is 4.28. The molecule has 0 saturated heterocycles. The van der Waals surface area contributed by atoms with Gasteiger partial charge < -0.3 is 5.43 Å². The number of halogens is 2. The fraction of sp³-hybridized carbons (Fsp3) is 0.167. The van der Waals surface area contributed by atoms with E-state index in [9.17, 15) is 0 Å². The molecule has 0 amide bonds.